The van der Waals surface area contributed by atoms with Gasteiger partial charge in [-0.15, -0.1) is 0 Å². The first-order chi connectivity index (χ1) is 10.1. The van der Waals surface area contributed by atoms with Crippen molar-refractivity contribution in [3.05, 3.63) is 54.4 Å². The highest BCUT2D eigenvalue weighted by atomic mass is 32.2. The van der Waals surface area contributed by atoms with Crippen LogP contribution in [-0.2, 0) is 16.6 Å². The third kappa shape index (κ3) is 4.27. The van der Waals surface area contributed by atoms with Crippen molar-refractivity contribution in [1.29, 1.82) is 0 Å². The molecule has 0 unspecified atom stereocenters. The van der Waals surface area contributed by atoms with Gasteiger partial charge in [-0.05, 0) is 18.1 Å². The van der Waals surface area contributed by atoms with E-state index in [9.17, 15) is 8.42 Å². The van der Waals surface area contributed by atoms with Crippen molar-refractivity contribution < 1.29 is 8.42 Å². The number of nitrogens with zero attached hydrogens (tertiary/aromatic N) is 1. The van der Waals surface area contributed by atoms with Gasteiger partial charge in [0, 0.05) is 25.5 Å². The maximum Gasteiger partial charge on any atom is 0.244 e. The van der Waals surface area contributed by atoms with Gasteiger partial charge in [0.15, 0.2) is 0 Å². The highest BCUT2D eigenvalue weighted by molar-refractivity contribution is 7.89. The maximum atomic E-state index is 12.4. The zero-order valence-corrected chi connectivity index (χ0v) is 12.7. The number of aromatic nitrogens is 1. The van der Waals surface area contributed by atoms with E-state index in [-0.39, 0.29) is 11.4 Å². The molecular weight excluding hydrogens is 286 g/mol. The fourth-order valence-electron chi connectivity index (χ4n) is 1.85. The molecule has 0 fully saturated rings. The van der Waals surface area contributed by atoms with Crippen molar-refractivity contribution in [2.45, 2.75) is 24.8 Å². The number of hydrogen-bond acceptors (Lipinski definition) is 4. The Labute approximate surface area is 125 Å². The van der Waals surface area contributed by atoms with Crippen LogP contribution in [0.4, 0.5) is 5.69 Å². The summed E-state index contributed by atoms with van der Waals surface area (Å²) in [6.45, 7) is 2.99. The first-order valence-corrected chi connectivity index (χ1v) is 8.33. The molecule has 0 saturated heterocycles. The number of hydrogen-bond donors (Lipinski definition) is 2. The van der Waals surface area contributed by atoms with Crippen LogP contribution in [0.15, 0.2) is 53.7 Å². The largest absolute Gasteiger partial charge is 0.384 e. The van der Waals surface area contributed by atoms with Gasteiger partial charge in [0.1, 0.15) is 4.90 Å². The zero-order valence-electron chi connectivity index (χ0n) is 11.9. The molecule has 6 heteroatoms. The summed E-state index contributed by atoms with van der Waals surface area (Å²) in [5.41, 5.74) is 1.49. The first kappa shape index (κ1) is 15.5. The Bertz CT molecular complexity index is 672. The van der Waals surface area contributed by atoms with Crippen LogP contribution < -0.4 is 10.0 Å². The van der Waals surface area contributed by atoms with E-state index >= 15 is 0 Å². The second-order valence-corrected chi connectivity index (χ2v) is 6.34. The molecule has 0 spiro atoms. The molecule has 1 aromatic carbocycles. The van der Waals surface area contributed by atoms with E-state index < -0.39 is 10.0 Å². The van der Waals surface area contributed by atoms with Gasteiger partial charge in [-0.25, -0.2) is 13.1 Å². The van der Waals surface area contributed by atoms with Crippen molar-refractivity contribution in [3.63, 3.8) is 0 Å². The van der Waals surface area contributed by atoms with Crippen molar-refractivity contribution in [2.24, 2.45) is 0 Å². The van der Waals surface area contributed by atoms with Crippen LogP contribution in [-0.4, -0.2) is 19.9 Å². The lowest BCUT2D eigenvalue weighted by Crippen LogP contribution is -2.24. The highest BCUT2D eigenvalue weighted by Crippen LogP contribution is 2.19. The van der Waals surface area contributed by atoms with Gasteiger partial charge in [0.25, 0.3) is 0 Å². The fraction of sp³-hybridized carbons (Fsp3) is 0.267. The number of benzene rings is 1. The molecule has 112 valence electrons. The summed E-state index contributed by atoms with van der Waals surface area (Å²) in [6.07, 6.45) is 3.86. The van der Waals surface area contributed by atoms with Gasteiger partial charge in [0.05, 0.1) is 5.69 Å². The van der Waals surface area contributed by atoms with E-state index in [0.29, 0.717) is 12.2 Å². The topological polar surface area (TPSA) is 71.1 Å². The first-order valence-electron chi connectivity index (χ1n) is 6.85. The van der Waals surface area contributed by atoms with E-state index in [0.717, 1.165) is 12.0 Å². The normalized spacial score (nSPS) is 11.3. The smallest absolute Gasteiger partial charge is 0.244 e. The second kappa shape index (κ2) is 7.19. The Morgan fingerprint density at radius 2 is 1.90 bits per heavy atom. The molecule has 21 heavy (non-hydrogen) atoms. The van der Waals surface area contributed by atoms with Gasteiger partial charge >= 0.3 is 0 Å². The monoisotopic (exact) mass is 305 g/mol. The predicted octanol–water partition coefficient (Wildman–Crippen LogP) is 2.38. The van der Waals surface area contributed by atoms with Crippen LogP contribution in [0.25, 0.3) is 0 Å². The Kier molecular flexibility index (Phi) is 5.30. The van der Waals surface area contributed by atoms with Crippen LogP contribution in [0.1, 0.15) is 18.9 Å². The molecule has 0 bridgehead atoms. The van der Waals surface area contributed by atoms with Crippen molar-refractivity contribution in [1.82, 2.24) is 9.71 Å². The standard InChI is InChI=1S/C15H19N3O2S/c1-2-9-17-14-8-10-16-12-15(14)21(19,20)18-11-13-6-4-3-5-7-13/h3-8,10,12,18H,2,9,11H2,1H3,(H,16,17). The van der Waals surface area contributed by atoms with Gasteiger partial charge in [-0.2, -0.15) is 0 Å². The lowest BCUT2D eigenvalue weighted by atomic mass is 10.2. The number of nitrogens with one attached hydrogen (secondary N) is 2. The van der Waals surface area contributed by atoms with Crippen LogP contribution >= 0.6 is 0 Å². The number of pyridine rings is 1. The summed E-state index contributed by atoms with van der Waals surface area (Å²) in [5, 5.41) is 3.11. The fourth-order valence-corrected chi connectivity index (χ4v) is 2.99. The van der Waals surface area contributed by atoms with Crippen LogP contribution in [0.5, 0.6) is 0 Å². The number of rotatable bonds is 7. The van der Waals surface area contributed by atoms with Gasteiger partial charge in [-0.1, -0.05) is 37.3 Å². The van der Waals surface area contributed by atoms with Crippen molar-refractivity contribution >= 4 is 15.7 Å². The van der Waals surface area contributed by atoms with Crippen molar-refractivity contribution in [3.8, 4) is 0 Å². The SMILES string of the molecule is CCCNc1ccncc1S(=O)(=O)NCc1ccccc1. The number of anilines is 1. The Balaban J connectivity index is 2.15. The molecule has 0 amide bonds. The van der Waals surface area contributed by atoms with E-state index in [1.165, 1.54) is 6.20 Å². The summed E-state index contributed by atoms with van der Waals surface area (Å²) in [4.78, 5) is 4.09. The molecule has 0 radical (unpaired) electrons. The van der Waals surface area contributed by atoms with Crippen LogP contribution in [0.3, 0.4) is 0 Å². The summed E-state index contributed by atoms with van der Waals surface area (Å²) in [5.74, 6) is 0. The average Bonchev–Trinajstić information content (AvgIpc) is 2.52. The highest BCUT2D eigenvalue weighted by Gasteiger charge is 2.18. The molecule has 2 aromatic rings. The molecule has 0 aliphatic carbocycles. The molecular formula is C15H19N3O2S. The lowest BCUT2D eigenvalue weighted by molar-refractivity contribution is 0.581. The predicted molar refractivity (Wildman–Crippen MR) is 83.5 cm³/mol. The van der Waals surface area contributed by atoms with Crippen LogP contribution in [0, 0.1) is 0 Å². The second-order valence-electron chi connectivity index (χ2n) is 4.61. The zero-order chi connectivity index (χ0) is 15.1. The molecule has 2 rings (SSSR count). The van der Waals surface area contributed by atoms with E-state index in [2.05, 4.69) is 15.0 Å². The molecule has 0 aliphatic heterocycles. The lowest BCUT2D eigenvalue weighted by Gasteiger charge is -2.12. The summed E-state index contributed by atoms with van der Waals surface area (Å²) in [6, 6.07) is 11.1. The van der Waals surface area contributed by atoms with Crippen molar-refractivity contribution in [2.75, 3.05) is 11.9 Å². The Morgan fingerprint density at radius 3 is 2.62 bits per heavy atom. The Morgan fingerprint density at radius 1 is 1.14 bits per heavy atom. The molecule has 0 atom stereocenters. The third-order valence-corrected chi connectivity index (χ3v) is 4.38. The minimum Gasteiger partial charge on any atom is -0.384 e. The minimum atomic E-state index is -3.59. The molecule has 1 aromatic heterocycles. The quantitative estimate of drug-likeness (QED) is 0.824. The molecule has 0 aliphatic rings. The van der Waals surface area contributed by atoms with Gasteiger partial charge in [0.2, 0.25) is 10.0 Å². The minimum absolute atomic E-state index is 0.175. The summed E-state index contributed by atoms with van der Waals surface area (Å²) >= 11 is 0. The Hall–Kier alpha value is -1.92. The van der Waals surface area contributed by atoms with Gasteiger partial charge in [-0.3, -0.25) is 4.98 Å². The molecule has 2 N–H and O–H groups in total. The average molecular weight is 305 g/mol. The summed E-state index contributed by atoms with van der Waals surface area (Å²) < 4.78 is 27.4. The van der Waals surface area contributed by atoms with Gasteiger partial charge < -0.3 is 5.32 Å². The van der Waals surface area contributed by atoms with E-state index in [1.54, 1.807) is 12.3 Å². The summed E-state index contributed by atoms with van der Waals surface area (Å²) in [7, 11) is -3.59. The molecule has 1 heterocycles. The number of sulfonamides is 1. The molecule has 5 nitrogen and oxygen atoms in total. The third-order valence-electron chi connectivity index (χ3n) is 2.95. The van der Waals surface area contributed by atoms with E-state index in [4.69, 9.17) is 0 Å². The van der Waals surface area contributed by atoms with Crippen LogP contribution in [0.2, 0.25) is 0 Å². The van der Waals surface area contributed by atoms with E-state index in [1.807, 2.05) is 37.3 Å². The maximum absolute atomic E-state index is 12.4. The molecule has 0 saturated carbocycles.